The first-order chi connectivity index (χ1) is 7.74. The number of rotatable bonds is 2. The number of aliphatic hydroxyl groups excluding tert-OH is 1. The second kappa shape index (κ2) is 3.49. The molecule has 0 aliphatic heterocycles. The van der Waals surface area contributed by atoms with Crippen LogP contribution in [-0.4, -0.2) is 10.1 Å². The lowest BCUT2D eigenvalue weighted by Gasteiger charge is -2.30. The number of hydrogen-bond donors (Lipinski definition) is 2. The SMILES string of the molecule is O=c1[nH]c2ccc(C(O)C3CCC3)cc2o1. The Morgan fingerprint density at radius 3 is 2.94 bits per heavy atom. The van der Waals surface area contributed by atoms with Crippen molar-refractivity contribution in [3.05, 3.63) is 34.3 Å². The van der Waals surface area contributed by atoms with Crippen LogP contribution in [0.5, 0.6) is 0 Å². The normalized spacial score (nSPS) is 18.6. The van der Waals surface area contributed by atoms with Crippen LogP contribution in [0.1, 0.15) is 30.9 Å². The minimum atomic E-state index is -0.453. The maximum Gasteiger partial charge on any atom is 0.417 e. The molecule has 0 spiro atoms. The third kappa shape index (κ3) is 1.46. The van der Waals surface area contributed by atoms with Crippen LogP contribution in [0.3, 0.4) is 0 Å². The molecule has 4 heteroatoms. The maximum atomic E-state index is 11.0. The Labute approximate surface area is 91.9 Å². The number of nitrogens with one attached hydrogen (secondary N) is 1. The van der Waals surface area contributed by atoms with Gasteiger partial charge in [0.1, 0.15) is 0 Å². The summed E-state index contributed by atoms with van der Waals surface area (Å²) in [6.45, 7) is 0. The summed E-state index contributed by atoms with van der Waals surface area (Å²) < 4.78 is 4.97. The van der Waals surface area contributed by atoms with E-state index in [1.807, 2.05) is 6.07 Å². The number of aliphatic hydroxyl groups is 1. The molecule has 1 atom stereocenters. The predicted octanol–water partition coefficient (Wildman–Crippen LogP) is 1.95. The number of benzene rings is 1. The van der Waals surface area contributed by atoms with Gasteiger partial charge in [-0.15, -0.1) is 0 Å². The van der Waals surface area contributed by atoms with Crippen LogP contribution in [0.2, 0.25) is 0 Å². The molecule has 1 aromatic carbocycles. The number of hydrogen-bond acceptors (Lipinski definition) is 3. The van der Waals surface area contributed by atoms with Gasteiger partial charge < -0.3 is 9.52 Å². The molecule has 0 amide bonds. The molecule has 1 fully saturated rings. The van der Waals surface area contributed by atoms with Gasteiger partial charge in [0, 0.05) is 0 Å². The molecule has 1 unspecified atom stereocenters. The van der Waals surface area contributed by atoms with Gasteiger partial charge in [-0.05, 0) is 36.5 Å². The van der Waals surface area contributed by atoms with Gasteiger partial charge in [-0.3, -0.25) is 4.98 Å². The van der Waals surface area contributed by atoms with Crippen molar-refractivity contribution in [2.24, 2.45) is 5.92 Å². The van der Waals surface area contributed by atoms with E-state index in [0.717, 1.165) is 18.4 Å². The zero-order chi connectivity index (χ0) is 11.1. The second-order valence-corrected chi connectivity index (χ2v) is 4.41. The molecule has 4 nitrogen and oxygen atoms in total. The average molecular weight is 219 g/mol. The molecule has 1 aromatic heterocycles. The largest absolute Gasteiger partial charge is 0.417 e. The topological polar surface area (TPSA) is 66.2 Å². The fourth-order valence-electron chi connectivity index (χ4n) is 2.17. The lowest BCUT2D eigenvalue weighted by atomic mass is 9.79. The summed E-state index contributed by atoms with van der Waals surface area (Å²) in [6.07, 6.45) is 2.92. The monoisotopic (exact) mass is 219 g/mol. The first-order valence-corrected chi connectivity index (χ1v) is 5.55. The Hall–Kier alpha value is -1.55. The lowest BCUT2D eigenvalue weighted by molar-refractivity contribution is 0.0621. The maximum absolute atomic E-state index is 11.0. The first kappa shape index (κ1) is 9.66. The van der Waals surface area contributed by atoms with Crippen molar-refractivity contribution in [1.29, 1.82) is 0 Å². The molecule has 84 valence electrons. The highest BCUT2D eigenvalue weighted by atomic mass is 16.4. The van der Waals surface area contributed by atoms with E-state index in [1.54, 1.807) is 12.1 Å². The lowest BCUT2D eigenvalue weighted by Crippen LogP contribution is -2.19. The summed E-state index contributed by atoms with van der Waals surface area (Å²) >= 11 is 0. The Morgan fingerprint density at radius 2 is 2.25 bits per heavy atom. The van der Waals surface area contributed by atoms with Crippen LogP contribution in [-0.2, 0) is 0 Å². The molecule has 0 radical (unpaired) electrons. The number of H-pyrrole nitrogens is 1. The highest BCUT2D eigenvalue weighted by molar-refractivity contribution is 5.72. The van der Waals surface area contributed by atoms with Gasteiger partial charge in [0.25, 0.3) is 0 Å². The van der Waals surface area contributed by atoms with Crippen LogP contribution >= 0.6 is 0 Å². The van der Waals surface area contributed by atoms with E-state index in [9.17, 15) is 9.90 Å². The van der Waals surface area contributed by atoms with Gasteiger partial charge >= 0.3 is 5.76 Å². The van der Waals surface area contributed by atoms with E-state index in [0.29, 0.717) is 17.0 Å². The summed E-state index contributed by atoms with van der Waals surface area (Å²) in [5, 5.41) is 10.1. The molecule has 0 bridgehead atoms. The van der Waals surface area contributed by atoms with Crippen LogP contribution in [0.15, 0.2) is 27.4 Å². The van der Waals surface area contributed by atoms with Crippen molar-refractivity contribution in [1.82, 2.24) is 4.98 Å². The van der Waals surface area contributed by atoms with E-state index in [4.69, 9.17) is 4.42 Å². The van der Waals surface area contributed by atoms with Crippen LogP contribution in [0.25, 0.3) is 11.1 Å². The van der Waals surface area contributed by atoms with E-state index in [2.05, 4.69) is 4.98 Å². The first-order valence-electron chi connectivity index (χ1n) is 5.55. The Morgan fingerprint density at radius 1 is 1.44 bits per heavy atom. The van der Waals surface area contributed by atoms with Crippen molar-refractivity contribution >= 4 is 11.1 Å². The van der Waals surface area contributed by atoms with E-state index >= 15 is 0 Å². The molecule has 16 heavy (non-hydrogen) atoms. The summed E-state index contributed by atoms with van der Waals surface area (Å²) in [6, 6.07) is 5.37. The predicted molar refractivity (Wildman–Crippen MR) is 59.1 cm³/mol. The minimum absolute atomic E-state index is 0.364. The van der Waals surface area contributed by atoms with Gasteiger partial charge in [0.2, 0.25) is 0 Å². The third-order valence-corrected chi connectivity index (χ3v) is 3.38. The summed E-state index contributed by atoms with van der Waals surface area (Å²) in [7, 11) is 0. The van der Waals surface area contributed by atoms with Crippen molar-refractivity contribution in [3.8, 4) is 0 Å². The highest BCUT2D eigenvalue weighted by Crippen LogP contribution is 2.37. The van der Waals surface area contributed by atoms with Crippen LogP contribution in [0, 0.1) is 5.92 Å². The molecule has 2 aromatic rings. The smallest absolute Gasteiger partial charge is 0.408 e. The van der Waals surface area contributed by atoms with E-state index < -0.39 is 11.9 Å². The second-order valence-electron chi connectivity index (χ2n) is 4.41. The van der Waals surface area contributed by atoms with Crippen molar-refractivity contribution in [2.45, 2.75) is 25.4 Å². The van der Waals surface area contributed by atoms with Crippen molar-refractivity contribution in [2.75, 3.05) is 0 Å². The molecule has 1 aliphatic carbocycles. The Balaban J connectivity index is 2.00. The van der Waals surface area contributed by atoms with Gasteiger partial charge in [0.05, 0.1) is 11.6 Å². The van der Waals surface area contributed by atoms with E-state index in [1.165, 1.54) is 6.42 Å². The standard InChI is InChI=1S/C12H13NO3/c14-11(7-2-1-3-7)8-4-5-9-10(6-8)16-12(15)13-9/h4-7,11,14H,1-3H2,(H,13,15). The Bertz CT molecular complexity index is 565. The molecule has 0 saturated heterocycles. The molecular weight excluding hydrogens is 206 g/mol. The summed E-state index contributed by atoms with van der Waals surface area (Å²) in [5.74, 6) is -0.0894. The number of oxazole rings is 1. The molecule has 1 aliphatic rings. The Kier molecular flexibility index (Phi) is 2.11. The number of fused-ring (bicyclic) bond motifs is 1. The molecular formula is C12H13NO3. The van der Waals surface area contributed by atoms with Crippen molar-refractivity contribution < 1.29 is 9.52 Å². The number of aromatic nitrogens is 1. The van der Waals surface area contributed by atoms with Gasteiger partial charge in [-0.2, -0.15) is 0 Å². The van der Waals surface area contributed by atoms with Crippen molar-refractivity contribution in [3.63, 3.8) is 0 Å². The fourth-order valence-corrected chi connectivity index (χ4v) is 2.17. The van der Waals surface area contributed by atoms with Gasteiger partial charge in [-0.25, -0.2) is 4.79 Å². The van der Waals surface area contributed by atoms with Crippen LogP contribution < -0.4 is 5.76 Å². The molecule has 1 saturated carbocycles. The molecule has 2 N–H and O–H groups in total. The van der Waals surface area contributed by atoms with Gasteiger partial charge in [0.15, 0.2) is 5.58 Å². The highest BCUT2D eigenvalue weighted by Gasteiger charge is 2.26. The summed E-state index contributed by atoms with van der Waals surface area (Å²) in [5.41, 5.74) is 2.02. The zero-order valence-electron chi connectivity index (χ0n) is 8.77. The number of aromatic amines is 1. The quantitative estimate of drug-likeness (QED) is 0.811. The molecule has 1 heterocycles. The van der Waals surface area contributed by atoms with Crippen LogP contribution in [0.4, 0.5) is 0 Å². The third-order valence-electron chi connectivity index (χ3n) is 3.38. The zero-order valence-corrected chi connectivity index (χ0v) is 8.77. The van der Waals surface area contributed by atoms with E-state index in [-0.39, 0.29) is 0 Å². The molecule has 3 rings (SSSR count). The van der Waals surface area contributed by atoms with Gasteiger partial charge in [-0.1, -0.05) is 12.5 Å². The average Bonchev–Trinajstić information content (AvgIpc) is 2.53. The minimum Gasteiger partial charge on any atom is -0.408 e. The fraction of sp³-hybridized carbons (Fsp3) is 0.417. The summed E-state index contributed by atoms with van der Waals surface area (Å²) in [4.78, 5) is 13.6.